The number of hydrogen-bond donors (Lipinski definition) is 1. The van der Waals surface area contributed by atoms with Gasteiger partial charge in [0.1, 0.15) is 22.2 Å². The Morgan fingerprint density at radius 1 is 0.909 bits per heavy atom. The van der Waals surface area contributed by atoms with E-state index in [1.54, 1.807) is 17.4 Å². The van der Waals surface area contributed by atoms with Crippen molar-refractivity contribution in [2.75, 3.05) is 44.2 Å². The smallest absolute Gasteiger partial charge is 0.128 e. The Morgan fingerprint density at radius 2 is 1.64 bits per heavy atom. The first kappa shape index (κ1) is 22.4. The Bertz CT molecular complexity index is 1050. The number of hydrogen-bond acceptors (Lipinski definition) is 7. The maximum Gasteiger partial charge on any atom is 0.128 e. The van der Waals surface area contributed by atoms with Gasteiger partial charge in [0.25, 0.3) is 0 Å². The lowest BCUT2D eigenvalue weighted by molar-refractivity contribution is -0.0309. The van der Waals surface area contributed by atoms with Crippen molar-refractivity contribution in [1.29, 1.82) is 0 Å². The number of benzene rings is 1. The van der Waals surface area contributed by atoms with Crippen LogP contribution in [-0.2, 0) is 18.7 Å². The molecule has 2 fully saturated rings. The SMILES string of the molecule is OC1(c2csc(CN3CCN(c4ccccn4)CC3)n2)CCN(Cc2ccccc2F)CC1. The van der Waals surface area contributed by atoms with Gasteiger partial charge in [0, 0.05) is 63.0 Å². The predicted octanol–water partition coefficient (Wildman–Crippen LogP) is 3.48. The fraction of sp³-hybridized carbons (Fsp3) is 0.440. The Hall–Kier alpha value is -2.39. The summed E-state index contributed by atoms with van der Waals surface area (Å²) >= 11 is 1.64. The van der Waals surface area contributed by atoms with Gasteiger partial charge in [-0.2, -0.15) is 0 Å². The number of nitrogens with zero attached hydrogens (tertiary/aromatic N) is 5. The minimum absolute atomic E-state index is 0.164. The van der Waals surface area contributed by atoms with E-state index in [2.05, 4.69) is 25.8 Å². The van der Waals surface area contributed by atoms with Crippen LogP contribution in [0.5, 0.6) is 0 Å². The Labute approximate surface area is 198 Å². The normalized spacial score (nSPS) is 19.6. The molecule has 1 aromatic carbocycles. The number of thiazole rings is 1. The summed E-state index contributed by atoms with van der Waals surface area (Å²) in [6.07, 6.45) is 3.08. The molecule has 1 N–H and O–H groups in total. The van der Waals surface area contributed by atoms with E-state index < -0.39 is 5.60 Å². The quantitative estimate of drug-likeness (QED) is 0.599. The molecule has 2 aliphatic rings. The van der Waals surface area contributed by atoms with Gasteiger partial charge in [-0.25, -0.2) is 14.4 Å². The number of pyridine rings is 1. The number of piperazine rings is 1. The summed E-state index contributed by atoms with van der Waals surface area (Å²) in [7, 11) is 0. The zero-order valence-corrected chi connectivity index (χ0v) is 19.6. The first-order valence-electron chi connectivity index (χ1n) is 11.6. The van der Waals surface area contributed by atoms with E-state index in [0.717, 1.165) is 62.3 Å². The van der Waals surface area contributed by atoms with Crippen LogP contribution in [0.25, 0.3) is 0 Å². The van der Waals surface area contributed by atoms with Crippen LogP contribution in [0.2, 0.25) is 0 Å². The summed E-state index contributed by atoms with van der Waals surface area (Å²) in [6.45, 7) is 6.71. The van der Waals surface area contributed by atoms with Crippen molar-refractivity contribution in [3.8, 4) is 0 Å². The summed E-state index contributed by atoms with van der Waals surface area (Å²) in [6, 6.07) is 13.0. The Kier molecular flexibility index (Phi) is 6.69. The van der Waals surface area contributed by atoms with Gasteiger partial charge in [-0.05, 0) is 31.0 Å². The molecule has 2 saturated heterocycles. The number of aromatic nitrogens is 2. The second-order valence-electron chi connectivity index (χ2n) is 8.98. The summed E-state index contributed by atoms with van der Waals surface area (Å²) in [5, 5.41) is 14.4. The van der Waals surface area contributed by atoms with Crippen molar-refractivity contribution < 1.29 is 9.50 Å². The fourth-order valence-electron chi connectivity index (χ4n) is 4.67. The highest BCUT2D eigenvalue weighted by Crippen LogP contribution is 2.34. The molecule has 6 nitrogen and oxygen atoms in total. The molecule has 0 aliphatic carbocycles. The van der Waals surface area contributed by atoms with Crippen molar-refractivity contribution in [3.05, 3.63) is 76.1 Å². The van der Waals surface area contributed by atoms with E-state index >= 15 is 0 Å². The third kappa shape index (κ3) is 5.24. The highest BCUT2D eigenvalue weighted by atomic mass is 32.1. The lowest BCUT2D eigenvalue weighted by Gasteiger charge is -2.37. The molecule has 0 amide bonds. The van der Waals surface area contributed by atoms with Crippen LogP contribution in [0.3, 0.4) is 0 Å². The molecule has 174 valence electrons. The van der Waals surface area contributed by atoms with Crippen LogP contribution in [0.1, 0.15) is 29.1 Å². The molecular weight excluding hydrogens is 437 g/mol. The minimum Gasteiger partial charge on any atom is -0.383 e. The zero-order valence-electron chi connectivity index (χ0n) is 18.7. The molecule has 0 spiro atoms. The third-order valence-electron chi connectivity index (χ3n) is 6.77. The maximum atomic E-state index is 14.0. The van der Waals surface area contributed by atoms with Gasteiger partial charge in [0.15, 0.2) is 0 Å². The van der Waals surface area contributed by atoms with Crippen LogP contribution < -0.4 is 4.90 Å². The molecule has 0 bridgehead atoms. The van der Waals surface area contributed by atoms with E-state index in [9.17, 15) is 9.50 Å². The lowest BCUT2D eigenvalue weighted by Crippen LogP contribution is -2.46. The van der Waals surface area contributed by atoms with Crippen LogP contribution in [0.4, 0.5) is 10.2 Å². The second-order valence-corrected chi connectivity index (χ2v) is 9.92. The van der Waals surface area contributed by atoms with Crippen molar-refractivity contribution in [2.45, 2.75) is 31.5 Å². The monoisotopic (exact) mass is 467 g/mol. The van der Waals surface area contributed by atoms with Crippen molar-refractivity contribution in [2.24, 2.45) is 0 Å². The van der Waals surface area contributed by atoms with Gasteiger partial charge in [-0.1, -0.05) is 24.3 Å². The molecule has 5 rings (SSSR count). The molecule has 2 aromatic heterocycles. The minimum atomic E-state index is -0.891. The molecule has 8 heteroatoms. The fourth-order valence-corrected chi connectivity index (χ4v) is 5.60. The molecule has 3 aromatic rings. The average Bonchev–Trinajstić information content (AvgIpc) is 3.33. The summed E-state index contributed by atoms with van der Waals surface area (Å²) in [5.41, 5.74) is 0.611. The van der Waals surface area contributed by atoms with Gasteiger partial charge < -0.3 is 10.0 Å². The van der Waals surface area contributed by atoms with Gasteiger partial charge in [0.2, 0.25) is 0 Å². The van der Waals surface area contributed by atoms with Crippen molar-refractivity contribution in [1.82, 2.24) is 19.8 Å². The number of likely N-dealkylation sites (tertiary alicyclic amines) is 1. The molecule has 33 heavy (non-hydrogen) atoms. The molecule has 0 saturated carbocycles. The Morgan fingerprint density at radius 3 is 2.36 bits per heavy atom. The van der Waals surface area contributed by atoms with E-state index in [-0.39, 0.29) is 5.82 Å². The zero-order chi connectivity index (χ0) is 22.7. The van der Waals surface area contributed by atoms with Crippen molar-refractivity contribution >= 4 is 17.2 Å². The highest BCUT2D eigenvalue weighted by Gasteiger charge is 2.36. The van der Waals surface area contributed by atoms with Crippen LogP contribution >= 0.6 is 11.3 Å². The van der Waals surface area contributed by atoms with Gasteiger partial charge in [-0.15, -0.1) is 11.3 Å². The van der Waals surface area contributed by atoms with Crippen LogP contribution in [0.15, 0.2) is 54.0 Å². The molecular formula is C25H30FN5OS. The first-order chi connectivity index (χ1) is 16.1. The molecule has 0 unspecified atom stereocenters. The maximum absolute atomic E-state index is 14.0. The van der Waals surface area contributed by atoms with Crippen molar-refractivity contribution in [3.63, 3.8) is 0 Å². The lowest BCUT2D eigenvalue weighted by atomic mass is 9.88. The molecule has 0 atom stereocenters. The van der Waals surface area contributed by atoms with Gasteiger partial charge in [-0.3, -0.25) is 9.80 Å². The molecule has 4 heterocycles. The van der Waals surface area contributed by atoms with E-state index in [4.69, 9.17) is 4.98 Å². The standard InChI is InChI=1S/C25H30FN5OS/c26-21-6-2-1-5-20(21)17-29-11-8-25(32,9-12-29)22-19-33-24(28-22)18-30-13-15-31(16-14-30)23-7-3-4-10-27-23/h1-7,10,19,32H,8-9,11-18H2. The van der Waals surface area contributed by atoms with E-state index in [1.165, 1.54) is 6.07 Å². The number of halogens is 1. The van der Waals surface area contributed by atoms with Crippen LogP contribution in [-0.4, -0.2) is 64.1 Å². The summed E-state index contributed by atoms with van der Waals surface area (Å²) in [5.74, 6) is 0.876. The van der Waals surface area contributed by atoms with E-state index in [1.807, 2.05) is 35.8 Å². The second kappa shape index (κ2) is 9.85. The topological polar surface area (TPSA) is 55.7 Å². The summed E-state index contributed by atoms with van der Waals surface area (Å²) < 4.78 is 14.0. The number of rotatable bonds is 6. The van der Waals surface area contributed by atoms with Gasteiger partial charge >= 0.3 is 0 Å². The highest BCUT2D eigenvalue weighted by molar-refractivity contribution is 7.09. The molecule has 2 aliphatic heterocycles. The largest absolute Gasteiger partial charge is 0.383 e. The average molecular weight is 468 g/mol. The Balaban J connectivity index is 1.13. The number of anilines is 1. The van der Waals surface area contributed by atoms with E-state index in [0.29, 0.717) is 24.9 Å². The number of aliphatic hydroxyl groups is 1. The first-order valence-corrected chi connectivity index (χ1v) is 12.5. The van der Waals surface area contributed by atoms with Crippen LogP contribution in [0, 0.1) is 5.82 Å². The molecule has 0 radical (unpaired) electrons. The predicted molar refractivity (Wildman–Crippen MR) is 129 cm³/mol. The van der Waals surface area contributed by atoms with Gasteiger partial charge in [0.05, 0.1) is 12.2 Å². The third-order valence-corrected chi connectivity index (χ3v) is 7.60. The number of piperidine rings is 1. The summed E-state index contributed by atoms with van der Waals surface area (Å²) in [4.78, 5) is 16.2.